The third kappa shape index (κ3) is 5.85. The van der Waals surface area contributed by atoms with Gasteiger partial charge in [-0.05, 0) is 38.7 Å². The lowest BCUT2D eigenvalue weighted by Gasteiger charge is -2.36. The third-order valence-electron chi connectivity index (χ3n) is 5.72. The molecule has 160 valence electrons. The second-order valence-electron chi connectivity index (χ2n) is 7.89. The van der Waals surface area contributed by atoms with Gasteiger partial charge in [0.25, 0.3) is 0 Å². The number of hydrogen-bond donors (Lipinski definition) is 1. The van der Waals surface area contributed by atoms with Gasteiger partial charge in [0, 0.05) is 58.5 Å². The van der Waals surface area contributed by atoms with Crippen molar-refractivity contribution in [2.75, 3.05) is 45.9 Å². The van der Waals surface area contributed by atoms with Crippen LogP contribution in [0.4, 0.5) is 9.59 Å². The van der Waals surface area contributed by atoms with E-state index in [0.29, 0.717) is 39.4 Å². The Morgan fingerprint density at radius 2 is 2.00 bits per heavy atom. The summed E-state index contributed by atoms with van der Waals surface area (Å²) >= 11 is 0. The van der Waals surface area contributed by atoms with Crippen LogP contribution >= 0.6 is 0 Å². The molecule has 2 aliphatic rings. The van der Waals surface area contributed by atoms with Gasteiger partial charge in [-0.15, -0.1) is 0 Å². The van der Waals surface area contributed by atoms with Crippen LogP contribution in [0.2, 0.25) is 0 Å². The highest BCUT2D eigenvalue weighted by Gasteiger charge is 2.35. The van der Waals surface area contributed by atoms with Crippen LogP contribution < -0.4 is 5.32 Å². The predicted octanol–water partition coefficient (Wildman–Crippen LogP) is 2.83. The first-order valence-corrected chi connectivity index (χ1v) is 10.8. The molecule has 29 heavy (non-hydrogen) atoms. The lowest BCUT2D eigenvalue weighted by molar-refractivity contribution is 0.132. The van der Waals surface area contributed by atoms with Crippen molar-refractivity contribution in [1.29, 1.82) is 0 Å². The summed E-state index contributed by atoms with van der Waals surface area (Å²) in [4.78, 5) is 31.0. The van der Waals surface area contributed by atoms with Crippen LogP contribution in [0, 0.1) is 6.92 Å². The van der Waals surface area contributed by atoms with Crippen molar-refractivity contribution in [2.24, 2.45) is 0 Å². The third-order valence-corrected chi connectivity index (χ3v) is 5.72. The molecule has 2 heterocycles. The number of amides is 4. The highest BCUT2D eigenvalue weighted by molar-refractivity contribution is 5.77. The van der Waals surface area contributed by atoms with Crippen LogP contribution in [-0.2, 0) is 11.3 Å². The summed E-state index contributed by atoms with van der Waals surface area (Å²) in [5.74, 6) is 0. The van der Waals surface area contributed by atoms with Gasteiger partial charge in [-0.2, -0.15) is 0 Å². The first kappa shape index (κ1) is 21.4. The molecule has 7 heteroatoms. The maximum absolute atomic E-state index is 12.9. The fourth-order valence-electron chi connectivity index (χ4n) is 4.12. The number of aryl methyl sites for hydroxylation is 1. The molecule has 0 aliphatic carbocycles. The number of rotatable bonds is 8. The number of ether oxygens (including phenoxy) is 1. The summed E-state index contributed by atoms with van der Waals surface area (Å²) < 4.78 is 5.29. The molecule has 1 N–H and O–H groups in total. The van der Waals surface area contributed by atoms with Crippen molar-refractivity contribution in [3.63, 3.8) is 0 Å². The highest BCUT2D eigenvalue weighted by Crippen LogP contribution is 2.23. The molecule has 0 unspecified atom stereocenters. The minimum absolute atomic E-state index is 0.00577. The first-order chi connectivity index (χ1) is 14.1. The average Bonchev–Trinajstić information content (AvgIpc) is 3.08. The minimum atomic E-state index is -0.00577. The average molecular weight is 403 g/mol. The van der Waals surface area contributed by atoms with Gasteiger partial charge in [0.05, 0.1) is 0 Å². The topological polar surface area (TPSA) is 65.1 Å². The summed E-state index contributed by atoms with van der Waals surface area (Å²) in [7, 11) is 0. The number of benzene rings is 1. The molecule has 2 saturated heterocycles. The van der Waals surface area contributed by atoms with Gasteiger partial charge in [0.15, 0.2) is 0 Å². The number of likely N-dealkylation sites (tertiary alicyclic amines) is 1. The van der Waals surface area contributed by atoms with E-state index >= 15 is 0 Å². The SMILES string of the molecule is CCOCCCNC(=O)N1CCC(N2CCN(Cc3cccc(C)c3)C2=O)CC1. The van der Waals surface area contributed by atoms with E-state index in [4.69, 9.17) is 4.74 Å². The maximum Gasteiger partial charge on any atom is 0.320 e. The second kappa shape index (κ2) is 10.5. The molecular weight excluding hydrogens is 368 g/mol. The van der Waals surface area contributed by atoms with Crippen molar-refractivity contribution in [3.05, 3.63) is 35.4 Å². The normalized spacial score (nSPS) is 17.9. The van der Waals surface area contributed by atoms with Gasteiger partial charge in [-0.25, -0.2) is 9.59 Å². The zero-order valence-electron chi connectivity index (χ0n) is 17.7. The van der Waals surface area contributed by atoms with E-state index in [1.165, 1.54) is 11.1 Å². The summed E-state index contributed by atoms with van der Waals surface area (Å²) in [5, 5.41) is 2.96. The van der Waals surface area contributed by atoms with Crippen molar-refractivity contribution < 1.29 is 14.3 Å². The molecule has 1 aromatic rings. The lowest BCUT2D eigenvalue weighted by Crippen LogP contribution is -2.50. The fraction of sp³-hybridized carbons (Fsp3) is 0.636. The smallest absolute Gasteiger partial charge is 0.320 e. The minimum Gasteiger partial charge on any atom is -0.382 e. The predicted molar refractivity (Wildman–Crippen MR) is 113 cm³/mol. The van der Waals surface area contributed by atoms with Crippen LogP contribution in [0.5, 0.6) is 0 Å². The Morgan fingerprint density at radius 1 is 1.21 bits per heavy atom. The number of piperidine rings is 1. The molecule has 4 amide bonds. The molecule has 0 saturated carbocycles. The quantitative estimate of drug-likeness (QED) is 0.680. The van der Waals surface area contributed by atoms with E-state index in [2.05, 4.69) is 30.4 Å². The van der Waals surface area contributed by atoms with Crippen molar-refractivity contribution in [1.82, 2.24) is 20.0 Å². The van der Waals surface area contributed by atoms with Gasteiger partial charge < -0.3 is 24.8 Å². The Balaban J connectivity index is 1.41. The molecule has 2 fully saturated rings. The van der Waals surface area contributed by atoms with E-state index in [0.717, 1.165) is 32.4 Å². The van der Waals surface area contributed by atoms with E-state index in [1.807, 2.05) is 27.7 Å². The monoisotopic (exact) mass is 402 g/mol. The molecule has 0 radical (unpaired) electrons. The van der Waals surface area contributed by atoms with E-state index in [-0.39, 0.29) is 18.1 Å². The van der Waals surface area contributed by atoms with Crippen LogP contribution in [0.1, 0.15) is 37.3 Å². The number of carbonyl (C=O) groups is 2. The Labute approximate surface area is 174 Å². The Kier molecular flexibility index (Phi) is 7.75. The lowest BCUT2D eigenvalue weighted by atomic mass is 10.0. The van der Waals surface area contributed by atoms with Crippen LogP contribution in [0.3, 0.4) is 0 Å². The zero-order valence-corrected chi connectivity index (χ0v) is 17.7. The van der Waals surface area contributed by atoms with Crippen molar-refractivity contribution in [2.45, 2.75) is 45.7 Å². The fourth-order valence-corrected chi connectivity index (χ4v) is 4.12. The molecule has 2 aliphatic heterocycles. The Bertz CT molecular complexity index is 688. The Hall–Kier alpha value is -2.28. The number of urea groups is 2. The number of nitrogens with zero attached hydrogens (tertiary/aromatic N) is 3. The summed E-state index contributed by atoms with van der Waals surface area (Å²) in [5.41, 5.74) is 2.39. The van der Waals surface area contributed by atoms with Crippen molar-refractivity contribution in [3.8, 4) is 0 Å². The molecule has 0 bridgehead atoms. The number of hydrogen-bond acceptors (Lipinski definition) is 3. The van der Waals surface area contributed by atoms with Gasteiger partial charge in [-0.1, -0.05) is 29.8 Å². The molecule has 3 rings (SSSR count). The summed E-state index contributed by atoms with van der Waals surface area (Å²) in [6.45, 7) is 9.67. The molecular formula is C22H34N4O3. The summed E-state index contributed by atoms with van der Waals surface area (Å²) in [6.07, 6.45) is 2.52. The Morgan fingerprint density at radius 3 is 2.72 bits per heavy atom. The number of carbonyl (C=O) groups excluding carboxylic acids is 2. The molecule has 7 nitrogen and oxygen atoms in total. The van der Waals surface area contributed by atoms with E-state index in [1.54, 1.807) is 0 Å². The van der Waals surface area contributed by atoms with Gasteiger partial charge in [-0.3, -0.25) is 0 Å². The molecule has 0 spiro atoms. The second-order valence-corrected chi connectivity index (χ2v) is 7.89. The maximum atomic E-state index is 12.9. The van der Waals surface area contributed by atoms with Gasteiger partial charge in [0.1, 0.15) is 0 Å². The van der Waals surface area contributed by atoms with Crippen LogP contribution in [0.15, 0.2) is 24.3 Å². The van der Waals surface area contributed by atoms with Crippen LogP contribution in [0.25, 0.3) is 0 Å². The van der Waals surface area contributed by atoms with Crippen LogP contribution in [-0.4, -0.2) is 78.7 Å². The number of nitrogens with one attached hydrogen (secondary N) is 1. The zero-order chi connectivity index (χ0) is 20.6. The molecule has 0 atom stereocenters. The highest BCUT2D eigenvalue weighted by atomic mass is 16.5. The largest absolute Gasteiger partial charge is 0.382 e. The standard InChI is InChI=1S/C22H34N4O3/c1-3-29-15-5-10-23-21(27)24-11-8-20(9-12-24)26-14-13-25(22(26)28)17-19-7-4-6-18(2)16-19/h4,6-7,16,20H,3,5,8-15,17H2,1-2H3,(H,23,27). The van der Waals surface area contributed by atoms with E-state index < -0.39 is 0 Å². The van der Waals surface area contributed by atoms with Crippen molar-refractivity contribution >= 4 is 12.1 Å². The first-order valence-electron chi connectivity index (χ1n) is 10.8. The van der Waals surface area contributed by atoms with E-state index in [9.17, 15) is 9.59 Å². The summed E-state index contributed by atoms with van der Waals surface area (Å²) in [6, 6.07) is 8.69. The van der Waals surface area contributed by atoms with Gasteiger partial charge in [0.2, 0.25) is 0 Å². The van der Waals surface area contributed by atoms with Gasteiger partial charge >= 0.3 is 12.1 Å². The molecule has 1 aromatic carbocycles. The molecule has 0 aromatic heterocycles.